The van der Waals surface area contributed by atoms with E-state index >= 15 is 0 Å². The Bertz CT molecular complexity index is 436. The summed E-state index contributed by atoms with van der Waals surface area (Å²) in [4.78, 5) is 4.19. The molecule has 0 radical (unpaired) electrons. The first-order chi connectivity index (χ1) is 6.70. The first-order valence-corrected chi connectivity index (χ1v) is 4.56. The topological polar surface area (TPSA) is 63.5 Å². The van der Waals surface area contributed by atoms with Crippen LogP contribution in [-0.2, 0) is 0 Å². The van der Waals surface area contributed by atoms with Crippen LogP contribution in [0.1, 0.15) is 18.7 Å². The van der Waals surface area contributed by atoms with Crippen LogP contribution in [0.15, 0.2) is 30.6 Å². The molecule has 0 aromatic carbocycles. The minimum Gasteiger partial charge on any atom is -0.391 e. The first-order valence-electron chi connectivity index (χ1n) is 4.56. The maximum absolute atomic E-state index is 9.39. The van der Waals surface area contributed by atoms with Crippen molar-refractivity contribution >= 4 is 5.65 Å². The highest BCUT2D eigenvalue weighted by Gasteiger charge is 2.15. The van der Waals surface area contributed by atoms with Gasteiger partial charge < -0.3 is 15.2 Å². The van der Waals surface area contributed by atoms with Crippen LogP contribution in [0.3, 0.4) is 0 Å². The van der Waals surface area contributed by atoms with E-state index in [-0.39, 0.29) is 0 Å². The molecule has 0 saturated carbocycles. The molecule has 0 fully saturated rings. The van der Waals surface area contributed by atoms with Gasteiger partial charge in [-0.2, -0.15) is 0 Å². The van der Waals surface area contributed by atoms with Crippen molar-refractivity contribution in [2.45, 2.75) is 19.1 Å². The van der Waals surface area contributed by atoms with Crippen LogP contribution >= 0.6 is 0 Å². The van der Waals surface area contributed by atoms with E-state index < -0.39 is 12.1 Å². The first kappa shape index (κ1) is 9.18. The Morgan fingerprint density at radius 2 is 2.29 bits per heavy atom. The van der Waals surface area contributed by atoms with E-state index in [9.17, 15) is 5.11 Å². The molecule has 0 spiro atoms. The van der Waals surface area contributed by atoms with Crippen molar-refractivity contribution in [3.8, 4) is 0 Å². The molecule has 14 heavy (non-hydrogen) atoms. The van der Waals surface area contributed by atoms with Crippen LogP contribution in [0.25, 0.3) is 5.65 Å². The Labute approximate surface area is 82.0 Å². The zero-order valence-electron chi connectivity index (χ0n) is 7.96. The molecule has 0 aliphatic carbocycles. The standard InChI is InChI=1S/C10H13N3O/c1-7(14)10(11)8-6-12-9-4-2-3-5-13(8)9/h2-7,10,14H,11H2,1H3. The molecule has 0 saturated heterocycles. The summed E-state index contributed by atoms with van der Waals surface area (Å²) in [6, 6.07) is 5.33. The Morgan fingerprint density at radius 3 is 3.00 bits per heavy atom. The van der Waals surface area contributed by atoms with Gasteiger partial charge in [0.2, 0.25) is 0 Å². The molecule has 2 aromatic rings. The van der Waals surface area contributed by atoms with Gasteiger partial charge in [-0.1, -0.05) is 6.07 Å². The Balaban J connectivity index is 2.53. The molecular weight excluding hydrogens is 178 g/mol. The van der Waals surface area contributed by atoms with Crippen LogP contribution in [-0.4, -0.2) is 20.6 Å². The predicted molar refractivity (Wildman–Crippen MR) is 53.8 cm³/mol. The van der Waals surface area contributed by atoms with Gasteiger partial charge in [-0.05, 0) is 19.1 Å². The third-order valence-corrected chi connectivity index (χ3v) is 2.31. The molecule has 0 aliphatic rings. The lowest BCUT2D eigenvalue weighted by atomic mass is 10.1. The summed E-state index contributed by atoms with van der Waals surface area (Å²) in [5.74, 6) is 0. The minimum atomic E-state index is -0.574. The van der Waals surface area contributed by atoms with Crippen molar-refractivity contribution in [2.75, 3.05) is 0 Å². The molecule has 3 N–H and O–H groups in total. The molecule has 0 bridgehead atoms. The average Bonchev–Trinajstić information content (AvgIpc) is 2.60. The van der Waals surface area contributed by atoms with Gasteiger partial charge in [0, 0.05) is 6.20 Å². The third kappa shape index (κ3) is 1.38. The summed E-state index contributed by atoms with van der Waals surface area (Å²) in [5.41, 5.74) is 7.51. The normalized spacial score (nSPS) is 15.6. The molecule has 2 aromatic heterocycles. The maximum atomic E-state index is 9.39. The fourth-order valence-electron chi connectivity index (χ4n) is 1.45. The summed E-state index contributed by atoms with van der Waals surface area (Å²) in [7, 11) is 0. The van der Waals surface area contributed by atoms with Gasteiger partial charge in [-0.15, -0.1) is 0 Å². The lowest BCUT2D eigenvalue weighted by molar-refractivity contribution is 0.162. The number of aliphatic hydroxyl groups excluding tert-OH is 1. The van der Waals surface area contributed by atoms with Crippen molar-refractivity contribution in [1.29, 1.82) is 0 Å². The molecule has 4 heteroatoms. The highest BCUT2D eigenvalue weighted by molar-refractivity contribution is 5.40. The van der Waals surface area contributed by atoms with Crippen molar-refractivity contribution in [3.05, 3.63) is 36.3 Å². The molecular formula is C10H13N3O. The van der Waals surface area contributed by atoms with Crippen molar-refractivity contribution in [1.82, 2.24) is 9.38 Å². The monoisotopic (exact) mass is 191 g/mol. The quantitative estimate of drug-likeness (QED) is 0.735. The maximum Gasteiger partial charge on any atom is 0.136 e. The number of imidazole rings is 1. The van der Waals surface area contributed by atoms with E-state index in [0.29, 0.717) is 0 Å². The number of hydrogen-bond donors (Lipinski definition) is 2. The highest BCUT2D eigenvalue weighted by atomic mass is 16.3. The molecule has 4 nitrogen and oxygen atoms in total. The summed E-state index contributed by atoms with van der Waals surface area (Å²) in [6.07, 6.45) is 3.02. The predicted octanol–water partition coefficient (Wildman–Crippen LogP) is 0.715. The van der Waals surface area contributed by atoms with E-state index in [1.165, 1.54) is 0 Å². The molecule has 2 atom stereocenters. The van der Waals surface area contributed by atoms with Gasteiger partial charge in [-0.25, -0.2) is 4.98 Å². The SMILES string of the molecule is CC(O)C(N)c1cnc2ccccn12. The number of nitrogens with two attached hydrogens (primary N) is 1. The number of pyridine rings is 1. The van der Waals surface area contributed by atoms with E-state index in [2.05, 4.69) is 4.98 Å². The number of aliphatic hydroxyl groups is 1. The van der Waals surface area contributed by atoms with E-state index in [4.69, 9.17) is 5.73 Å². The van der Waals surface area contributed by atoms with Gasteiger partial charge in [0.15, 0.2) is 0 Å². The van der Waals surface area contributed by atoms with Crippen LogP contribution in [0.2, 0.25) is 0 Å². The third-order valence-electron chi connectivity index (χ3n) is 2.31. The molecule has 2 heterocycles. The summed E-state index contributed by atoms with van der Waals surface area (Å²) >= 11 is 0. The molecule has 2 rings (SSSR count). The number of aromatic nitrogens is 2. The number of fused-ring (bicyclic) bond motifs is 1. The largest absolute Gasteiger partial charge is 0.391 e. The zero-order valence-corrected chi connectivity index (χ0v) is 7.96. The van der Waals surface area contributed by atoms with E-state index in [1.807, 2.05) is 28.8 Å². The lowest BCUT2D eigenvalue weighted by Gasteiger charge is -2.13. The zero-order chi connectivity index (χ0) is 10.1. The second kappa shape index (κ2) is 3.40. The Kier molecular flexibility index (Phi) is 2.23. The second-order valence-corrected chi connectivity index (χ2v) is 3.38. The van der Waals surface area contributed by atoms with Crippen LogP contribution in [0.5, 0.6) is 0 Å². The average molecular weight is 191 g/mol. The smallest absolute Gasteiger partial charge is 0.136 e. The fraction of sp³-hybridized carbons (Fsp3) is 0.300. The minimum absolute atomic E-state index is 0.396. The lowest BCUT2D eigenvalue weighted by Crippen LogP contribution is -2.24. The van der Waals surface area contributed by atoms with Crippen molar-refractivity contribution in [2.24, 2.45) is 5.73 Å². The number of hydrogen-bond acceptors (Lipinski definition) is 3. The number of nitrogens with zero attached hydrogens (tertiary/aromatic N) is 2. The Morgan fingerprint density at radius 1 is 1.50 bits per heavy atom. The number of rotatable bonds is 2. The van der Waals surface area contributed by atoms with Gasteiger partial charge in [0.25, 0.3) is 0 Å². The van der Waals surface area contributed by atoms with Crippen LogP contribution < -0.4 is 5.73 Å². The molecule has 0 amide bonds. The molecule has 74 valence electrons. The van der Waals surface area contributed by atoms with Gasteiger partial charge in [0.05, 0.1) is 24.0 Å². The summed E-state index contributed by atoms with van der Waals surface area (Å²) < 4.78 is 1.89. The second-order valence-electron chi connectivity index (χ2n) is 3.38. The van der Waals surface area contributed by atoms with E-state index in [1.54, 1.807) is 13.1 Å². The van der Waals surface area contributed by atoms with Crippen molar-refractivity contribution in [3.63, 3.8) is 0 Å². The van der Waals surface area contributed by atoms with Gasteiger partial charge >= 0.3 is 0 Å². The molecule has 0 aliphatic heterocycles. The van der Waals surface area contributed by atoms with Crippen LogP contribution in [0.4, 0.5) is 0 Å². The Hall–Kier alpha value is -1.39. The summed E-state index contributed by atoms with van der Waals surface area (Å²) in [5, 5.41) is 9.39. The summed E-state index contributed by atoms with van der Waals surface area (Å²) in [6.45, 7) is 1.67. The van der Waals surface area contributed by atoms with Crippen molar-refractivity contribution < 1.29 is 5.11 Å². The fourth-order valence-corrected chi connectivity index (χ4v) is 1.45. The van der Waals surface area contributed by atoms with E-state index in [0.717, 1.165) is 11.3 Å². The highest BCUT2D eigenvalue weighted by Crippen LogP contribution is 2.15. The van der Waals surface area contributed by atoms with Gasteiger partial charge in [-0.3, -0.25) is 0 Å². The van der Waals surface area contributed by atoms with Crippen LogP contribution in [0, 0.1) is 0 Å². The molecule has 2 unspecified atom stereocenters. The van der Waals surface area contributed by atoms with Gasteiger partial charge in [0.1, 0.15) is 5.65 Å².